The van der Waals surface area contributed by atoms with Gasteiger partial charge in [0.1, 0.15) is 12.6 Å². The standard InChI is InChI=1S/C16H18F4N9O/c17-9-6-22-15(29-13(21)26-14(27-29)24-8-3-4-8)25-11(9)28-5-1-2-10(28)12(30)23-7-16(18,19)20/h6,8,10,21H,1-5,7H2,(H,23,30)(H,24,27)/t10-/m1/s1. The van der Waals surface area contributed by atoms with E-state index in [4.69, 9.17) is 5.73 Å². The number of nitrogens with zero attached hydrogens (tertiary/aromatic N) is 6. The van der Waals surface area contributed by atoms with Gasteiger partial charge in [-0.25, -0.2) is 9.37 Å². The van der Waals surface area contributed by atoms with E-state index in [1.165, 1.54) is 4.90 Å². The minimum Gasteiger partial charge on any atom is -0.350 e. The number of nitrogens with one attached hydrogen (secondary N) is 3. The van der Waals surface area contributed by atoms with Gasteiger partial charge in [-0.3, -0.25) is 10.5 Å². The summed E-state index contributed by atoms with van der Waals surface area (Å²) in [6.07, 6.45) is -0.986. The topological polar surface area (TPSA) is 125 Å². The van der Waals surface area contributed by atoms with Crippen LogP contribution in [0, 0.1) is 5.82 Å². The first-order valence-electron chi connectivity index (χ1n) is 9.30. The number of anilines is 2. The molecule has 14 heteroatoms. The van der Waals surface area contributed by atoms with E-state index in [2.05, 4.69) is 25.4 Å². The van der Waals surface area contributed by atoms with Crippen LogP contribution in [0.3, 0.4) is 0 Å². The lowest BCUT2D eigenvalue weighted by Gasteiger charge is -2.25. The van der Waals surface area contributed by atoms with E-state index in [1.54, 1.807) is 0 Å². The summed E-state index contributed by atoms with van der Waals surface area (Å²) in [5.74, 6) is -2.11. The van der Waals surface area contributed by atoms with Gasteiger partial charge in [-0.2, -0.15) is 27.8 Å². The molecule has 4 rings (SSSR count). The molecule has 1 atom stereocenters. The molecule has 2 aliphatic rings. The van der Waals surface area contributed by atoms with Crippen molar-refractivity contribution in [3.63, 3.8) is 0 Å². The maximum Gasteiger partial charge on any atom is 0.405 e. The average molecular weight is 428 g/mol. The van der Waals surface area contributed by atoms with E-state index in [9.17, 15) is 22.4 Å². The van der Waals surface area contributed by atoms with Crippen molar-refractivity contribution in [3.05, 3.63) is 12.0 Å². The van der Waals surface area contributed by atoms with Gasteiger partial charge >= 0.3 is 6.18 Å². The third-order valence-corrected chi connectivity index (χ3v) is 4.71. The van der Waals surface area contributed by atoms with E-state index in [1.807, 2.05) is 5.32 Å². The van der Waals surface area contributed by atoms with Gasteiger partial charge in [0.15, 0.2) is 11.6 Å². The first-order chi connectivity index (χ1) is 14.2. The summed E-state index contributed by atoms with van der Waals surface area (Å²) in [5, 5.41) is 8.96. The molecule has 2 aromatic rings. The molecule has 3 heterocycles. The van der Waals surface area contributed by atoms with Crippen molar-refractivity contribution in [2.45, 2.75) is 43.9 Å². The fourth-order valence-corrected chi connectivity index (χ4v) is 3.17. The van der Waals surface area contributed by atoms with Crippen LogP contribution in [0.2, 0.25) is 0 Å². The molecule has 1 aliphatic heterocycles. The van der Waals surface area contributed by atoms with E-state index in [-0.39, 0.29) is 42.7 Å². The monoisotopic (exact) mass is 428 g/mol. The second-order valence-corrected chi connectivity index (χ2v) is 7.12. The number of hydrogen-bond acceptors (Lipinski definition) is 7. The maximum atomic E-state index is 14.5. The zero-order chi connectivity index (χ0) is 21.5. The smallest absolute Gasteiger partial charge is 0.350 e. The summed E-state index contributed by atoms with van der Waals surface area (Å²) in [4.78, 5) is 25.4. The fourth-order valence-electron chi connectivity index (χ4n) is 3.17. The van der Waals surface area contributed by atoms with Crippen molar-refractivity contribution in [1.82, 2.24) is 35.8 Å². The lowest BCUT2D eigenvalue weighted by Crippen LogP contribution is -2.46. The Morgan fingerprint density at radius 2 is 2.03 bits per heavy atom. The number of amides is 1. The zero-order valence-corrected chi connectivity index (χ0v) is 15.6. The Labute approximate surface area is 167 Å². The third kappa shape index (κ3) is 4.36. The van der Waals surface area contributed by atoms with Crippen LogP contribution < -0.4 is 21.3 Å². The Morgan fingerprint density at radius 1 is 1.27 bits per heavy atom. The van der Waals surface area contributed by atoms with Crippen LogP contribution in [0.4, 0.5) is 35.3 Å². The Balaban J connectivity index is 1.57. The van der Waals surface area contributed by atoms with Crippen molar-refractivity contribution in [1.29, 1.82) is 0 Å². The Morgan fingerprint density at radius 3 is 2.73 bits per heavy atom. The van der Waals surface area contributed by atoms with E-state index in [0.717, 1.165) is 23.7 Å². The molecular formula is C16H18F4N9O. The van der Waals surface area contributed by atoms with Crippen LogP contribution in [-0.4, -0.2) is 62.0 Å². The molecule has 161 valence electrons. The first-order valence-corrected chi connectivity index (χ1v) is 9.30. The second-order valence-electron chi connectivity index (χ2n) is 7.12. The molecule has 0 unspecified atom stereocenters. The molecule has 1 aliphatic carbocycles. The Kier molecular flexibility index (Phi) is 5.07. The molecule has 10 nitrogen and oxygen atoms in total. The van der Waals surface area contributed by atoms with Crippen LogP contribution >= 0.6 is 0 Å². The normalized spacial score (nSPS) is 19.2. The van der Waals surface area contributed by atoms with E-state index in [0.29, 0.717) is 6.42 Å². The maximum absolute atomic E-state index is 14.5. The van der Waals surface area contributed by atoms with Gasteiger partial charge < -0.3 is 15.5 Å². The lowest BCUT2D eigenvalue weighted by atomic mass is 10.2. The molecule has 1 amide bonds. The molecule has 0 spiro atoms. The molecule has 1 saturated carbocycles. The molecule has 30 heavy (non-hydrogen) atoms. The fraction of sp³-hybridized carbons (Fsp3) is 0.562. The van der Waals surface area contributed by atoms with Gasteiger partial charge in [0.05, 0.1) is 6.20 Å². The Bertz CT molecular complexity index is 943. The zero-order valence-electron chi connectivity index (χ0n) is 15.6. The summed E-state index contributed by atoms with van der Waals surface area (Å²) in [6.45, 7) is -1.23. The lowest BCUT2D eigenvalue weighted by molar-refractivity contribution is -0.139. The highest BCUT2D eigenvalue weighted by Gasteiger charge is 2.36. The van der Waals surface area contributed by atoms with Crippen LogP contribution in [0.5, 0.6) is 0 Å². The quantitative estimate of drug-likeness (QED) is 0.665. The molecule has 1 radical (unpaired) electrons. The van der Waals surface area contributed by atoms with E-state index >= 15 is 0 Å². The highest BCUT2D eigenvalue weighted by atomic mass is 19.4. The first kappa shape index (κ1) is 20.1. The molecule has 1 saturated heterocycles. The number of carbonyl (C=O) groups excluding carboxylic acids is 1. The summed E-state index contributed by atoms with van der Waals surface area (Å²) < 4.78 is 52.7. The van der Waals surface area contributed by atoms with Crippen LogP contribution in [0.1, 0.15) is 25.7 Å². The number of carbonyl (C=O) groups is 1. The summed E-state index contributed by atoms with van der Waals surface area (Å²) in [5.41, 5.74) is 7.94. The van der Waals surface area contributed by atoms with Crippen molar-refractivity contribution >= 4 is 23.6 Å². The second kappa shape index (κ2) is 7.57. The van der Waals surface area contributed by atoms with Crippen molar-refractivity contribution < 1.29 is 22.4 Å². The summed E-state index contributed by atoms with van der Waals surface area (Å²) in [6, 6.07) is -0.742. The summed E-state index contributed by atoms with van der Waals surface area (Å²) in [7, 11) is 0. The van der Waals surface area contributed by atoms with Gasteiger partial charge in [-0.05, 0) is 25.7 Å². The van der Waals surface area contributed by atoms with Crippen molar-refractivity contribution in [2.24, 2.45) is 0 Å². The Hall–Kier alpha value is -3.19. The minimum atomic E-state index is -4.55. The number of rotatable bonds is 6. The van der Waals surface area contributed by atoms with Crippen molar-refractivity contribution in [2.75, 3.05) is 23.3 Å². The predicted octanol–water partition coefficient (Wildman–Crippen LogP) is 1.33. The number of halogens is 4. The molecular weight excluding hydrogens is 410 g/mol. The molecule has 0 bridgehead atoms. The number of alkyl halides is 3. The molecule has 0 aromatic carbocycles. The van der Waals surface area contributed by atoms with Crippen LogP contribution in [-0.2, 0) is 4.79 Å². The SMILES string of the molecule is [NH]c1nc(NC2CC2)nn1-c1ncc(F)c(N2CCC[C@@H]2C(=O)NCC(F)(F)F)n1. The van der Waals surface area contributed by atoms with E-state index < -0.39 is 30.5 Å². The largest absolute Gasteiger partial charge is 0.405 e. The van der Waals surface area contributed by atoms with Gasteiger partial charge in [0.25, 0.3) is 5.95 Å². The average Bonchev–Trinajstić information content (AvgIpc) is 3.22. The van der Waals surface area contributed by atoms with Crippen LogP contribution in [0.15, 0.2) is 6.20 Å². The highest BCUT2D eigenvalue weighted by Crippen LogP contribution is 2.28. The molecule has 2 fully saturated rings. The number of hydrogen-bond donors (Lipinski definition) is 2. The third-order valence-electron chi connectivity index (χ3n) is 4.71. The van der Waals surface area contributed by atoms with Crippen molar-refractivity contribution in [3.8, 4) is 5.95 Å². The van der Waals surface area contributed by atoms with Gasteiger partial charge in [-0.1, -0.05) is 0 Å². The molecule has 2 aromatic heterocycles. The predicted molar refractivity (Wildman–Crippen MR) is 95.7 cm³/mol. The highest BCUT2D eigenvalue weighted by molar-refractivity contribution is 5.85. The van der Waals surface area contributed by atoms with Gasteiger partial charge in [0, 0.05) is 12.6 Å². The number of aromatic nitrogens is 5. The summed E-state index contributed by atoms with van der Waals surface area (Å²) >= 11 is 0. The minimum absolute atomic E-state index is 0.130. The molecule has 3 N–H and O–H groups in total. The van der Waals surface area contributed by atoms with Crippen LogP contribution in [0.25, 0.3) is 5.95 Å². The van der Waals surface area contributed by atoms with Gasteiger partial charge in [0.2, 0.25) is 17.8 Å². The van der Waals surface area contributed by atoms with Gasteiger partial charge in [-0.15, -0.1) is 5.10 Å².